The summed E-state index contributed by atoms with van der Waals surface area (Å²) in [5, 5.41) is 1.65. The van der Waals surface area contributed by atoms with Crippen LogP contribution < -0.4 is 0 Å². The van der Waals surface area contributed by atoms with Gasteiger partial charge in [0.15, 0.2) is 11.6 Å². The van der Waals surface area contributed by atoms with Crippen molar-refractivity contribution in [1.29, 1.82) is 0 Å². The number of fused-ring (bicyclic) bond motifs is 3. The number of rotatable bonds is 4. The predicted octanol–water partition coefficient (Wildman–Crippen LogP) is 6.66. The molecule has 0 spiro atoms. The highest BCUT2D eigenvalue weighted by atomic mass is 16.3. The number of aryl methyl sites for hydroxylation is 2. The van der Waals surface area contributed by atoms with Gasteiger partial charge in [0.05, 0.1) is 0 Å². The minimum absolute atomic E-state index is 0.0352. The molecule has 0 bridgehead atoms. The zero-order valence-electron chi connectivity index (χ0n) is 17.3. The largest absolute Gasteiger partial charge is 0.456 e. The van der Waals surface area contributed by atoms with Gasteiger partial charge < -0.3 is 4.42 Å². The van der Waals surface area contributed by atoms with E-state index in [9.17, 15) is 9.59 Å². The van der Waals surface area contributed by atoms with Crippen LogP contribution in [0.1, 0.15) is 43.0 Å². The molecule has 3 heteroatoms. The molecule has 0 aliphatic rings. The van der Waals surface area contributed by atoms with Gasteiger partial charge in [-0.1, -0.05) is 47.5 Å². The summed E-state index contributed by atoms with van der Waals surface area (Å²) in [4.78, 5) is 26.0. The molecule has 0 radical (unpaired) electrons. The molecule has 3 nitrogen and oxygen atoms in total. The lowest BCUT2D eigenvalue weighted by Gasteiger charge is -2.04. The first-order chi connectivity index (χ1) is 15.0. The summed E-state index contributed by atoms with van der Waals surface area (Å²) in [7, 11) is 0. The van der Waals surface area contributed by atoms with Crippen LogP contribution in [-0.4, -0.2) is 11.6 Å². The molecule has 0 saturated carbocycles. The zero-order valence-corrected chi connectivity index (χ0v) is 17.3. The first-order valence-corrected chi connectivity index (χ1v) is 10.2. The summed E-state index contributed by atoms with van der Waals surface area (Å²) in [6, 6.07) is 26.1. The second-order valence-electron chi connectivity index (χ2n) is 7.92. The Labute approximate surface area is 179 Å². The Hall–Kier alpha value is -3.98. The molecular weight excluding hydrogens is 384 g/mol. The number of hydrogen-bond donors (Lipinski definition) is 0. The van der Waals surface area contributed by atoms with E-state index in [1.54, 1.807) is 12.1 Å². The van der Waals surface area contributed by atoms with Crippen molar-refractivity contribution < 1.29 is 14.0 Å². The van der Waals surface area contributed by atoms with E-state index in [2.05, 4.69) is 0 Å². The van der Waals surface area contributed by atoms with E-state index in [1.165, 1.54) is 0 Å². The Morgan fingerprint density at radius 1 is 0.548 bits per heavy atom. The van der Waals surface area contributed by atoms with Crippen molar-refractivity contribution in [2.45, 2.75) is 13.8 Å². The number of carbonyl (C=O) groups excluding carboxylic acids is 2. The van der Waals surface area contributed by atoms with Crippen LogP contribution in [0.15, 0.2) is 89.3 Å². The van der Waals surface area contributed by atoms with Crippen molar-refractivity contribution in [3.63, 3.8) is 0 Å². The van der Waals surface area contributed by atoms with E-state index in [4.69, 9.17) is 4.42 Å². The normalized spacial score (nSPS) is 11.2. The van der Waals surface area contributed by atoms with Crippen LogP contribution >= 0.6 is 0 Å². The van der Waals surface area contributed by atoms with Gasteiger partial charge in [0.1, 0.15) is 11.2 Å². The summed E-state index contributed by atoms with van der Waals surface area (Å²) >= 11 is 0. The average molecular weight is 404 g/mol. The molecule has 150 valence electrons. The Bertz CT molecular complexity index is 1380. The number of furan rings is 1. The first kappa shape index (κ1) is 19.0. The summed E-state index contributed by atoms with van der Waals surface area (Å²) < 4.78 is 5.95. The van der Waals surface area contributed by atoms with Crippen LogP contribution in [0.4, 0.5) is 0 Å². The quantitative estimate of drug-likeness (QED) is 0.315. The highest BCUT2D eigenvalue weighted by Crippen LogP contribution is 2.31. The average Bonchev–Trinajstić information content (AvgIpc) is 3.15. The molecule has 31 heavy (non-hydrogen) atoms. The SMILES string of the molecule is Cc1cccc(C(=O)c2ccc3oc4ccc(C(=O)c5cccc(C)c5)cc4c3c2)c1. The molecule has 5 aromatic rings. The van der Waals surface area contributed by atoms with Gasteiger partial charge in [-0.15, -0.1) is 0 Å². The molecule has 0 amide bonds. The lowest BCUT2D eigenvalue weighted by Crippen LogP contribution is -2.01. The molecule has 0 fully saturated rings. The van der Waals surface area contributed by atoms with Gasteiger partial charge in [0, 0.05) is 33.0 Å². The third kappa shape index (κ3) is 3.44. The third-order valence-corrected chi connectivity index (χ3v) is 5.55. The third-order valence-electron chi connectivity index (χ3n) is 5.55. The highest BCUT2D eigenvalue weighted by Gasteiger charge is 2.16. The molecule has 0 unspecified atom stereocenters. The number of hydrogen-bond acceptors (Lipinski definition) is 3. The Morgan fingerprint density at radius 2 is 0.968 bits per heavy atom. The standard InChI is InChI=1S/C28H20O3/c1-17-5-3-7-19(13-17)27(29)21-9-11-25-23(15-21)24-16-22(10-12-26(24)31-25)28(30)20-8-4-6-18(2)14-20/h3-16H,1-2H3. The number of ketones is 2. The lowest BCUT2D eigenvalue weighted by atomic mass is 9.98. The smallest absolute Gasteiger partial charge is 0.193 e. The van der Waals surface area contributed by atoms with Crippen LogP contribution in [0.5, 0.6) is 0 Å². The fraction of sp³-hybridized carbons (Fsp3) is 0.0714. The van der Waals surface area contributed by atoms with Gasteiger partial charge >= 0.3 is 0 Å². The number of benzene rings is 4. The molecule has 0 atom stereocenters. The van der Waals surface area contributed by atoms with Crippen molar-refractivity contribution in [1.82, 2.24) is 0 Å². The van der Waals surface area contributed by atoms with Crippen LogP contribution in [0, 0.1) is 13.8 Å². The van der Waals surface area contributed by atoms with Gasteiger partial charge in [0.2, 0.25) is 0 Å². The Balaban J connectivity index is 1.60. The van der Waals surface area contributed by atoms with Crippen LogP contribution in [-0.2, 0) is 0 Å². The van der Waals surface area contributed by atoms with Gasteiger partial charge in [0.25, 0.3) is 0 Å². The van der Waals surface area contributed by atoms with Crippen LogP contribution in [0.25, 0.3) is 21.9 Å². The van der Waals surface area contributed by atoms with E-state index in [0.717, 1.165) is 21.9 Å². The molecular formula is C28H20O3. The van der Waals surface area contributed by atoms with Gasteiger partial charge in [-0.2, -0.15) is 0 Å². The van der Waals surface area contributed by atoms with E-state index in [-0.39, 0.29) is 11.6 Å². The molecule has 4 aromatic carbocycles. The maximum absolute atomic E-state index is 13.0. The van der Waals surface area contributed by atoms with Crippen molar-refractivity contribution in [3.8, 4) is 0 Å². The van der Waals surface area contributed by atoms with Crippen molar-refractivity contribution >= 4 is 33.5 Å². The molecule has 1 heterocycles. The van der Waals surface area contributed by atoms with Gasteiger partial charge in [-0.05, 0) is 62.4 Å². The van der Waals surface area contributed by atoms with Crippen molar-refractivity contribution in [2.75, 3.05) is 0 Å². The van der Waals surface area contributed by atoms with E-state index >= 15 is 0 Å². The van der Waals surface area contributed by atoms with Crippen LogP contribution in [0.2, 0.25) is 0 Å². The summed E-state index contributed by atoms with van der Waals surface area (Å²) in [5.74, 6) is -0.0705. The molecule has 5 rings (SSSR count). The highest BCUT2D eigenvalue weighted by molar-refractivity contribution is 6.16. The Kier molecular flexibility index (Phi) is 4.52. The fourth-order valence-electron chi connectivity index (χ4n) is 3.97. The predicted molar refractivity (Wildman–Crippen MR) is 123 cm³/mol. The first-order valence-electron chi connectivity index (χ1n) is 10.2. The summed E-state index contributed by atoms with van der Waals surface area (Å²) in [6.45, 7) is 3.94. The topological polar surface area (TPSA) is 47.3 Å². The molecule has 0 saturated heterocycles. The minimum Gasteiger partial charge on any atom is -0.456 e. The minimum atomic E-state index is -0.0352. The molecule has 0 N–H and O–H groups in total. The Morgan fingerprint density at radius 3 is 1.39 bits per heavy atom. The number of carbonyl (C=O) groups is 2. The maximum Gasteiger partial charge on any atom is 0.193 e. The summed E-state index contributed by atoms with van der Waals surface area (Å²) in [5.41, 5.74) is 5.96. The van der Waals surface area contributed by atoms with Crippen molar-refractivity contribution in [2.24, 2.45) is 0 Å². The molecule has 0 aliphatic heterocycles. The van der Waals surface area contributed by atoms with E-state index in [0.29, 0.717) is 33.4 Å². The van der Waals surface area contributed by atoms with E-state index in [1.807, 2.05) is 86.6 Å². The van der Waals surface area contributed by atoms with Crippen molar-refractivity contribution in [3.05, 3.63) is 118 Å². The second-order valence-corrected chi connectivity index (χ2v) is 7.92. The van der Waals surface area contributed by atoms with Gasteiger partial charge in [-0.25, -0.2) is 0 Å². The zero-order chi connectivity index (χ0) is 21.5. The fourth-order valence-corrected chi connectivity index (χ4v) is 3.97. The monoisotopic (exact) mass is 404 g/mol. The molecule has 1 aromatic heterocycles. The second kappa shape index (κ2) is 7.37. The lowest BCUT2D eigenvalue weighted by molar-refractivity contribution is 0.103. The summed E-state index contributed by atoms with van der Waals surface area (Å²) in [6.07, 6.45) is 0. The molecule has 0 aliphatic carbocycles. The maximum atomic E-state index is 13.0. The van der Waals surface area contributed by atoms with Gasteiger partial charge in [-0.3, -0.25) is 9.59 Å². The van der Waals surface area contributed by atoms with E-state index < -0.39 is 0 Å². The van der Waals surface area contributed by atoms with Crippen LogP contribution in [0.3, 0.4) is 0 Å².